The zero-order chi connectivity index (χ0) is 13.8. The first-order valence-corrected chi connectivity index (χ1v) is 6.52. The fourth-order valence-electron chi connectivity index (χ4n) is 2.06. The van der Waals surface area contributed by atoms with E-state index < -0.39 is 6.10 Å². The summed E-state index contributed by atoms with van der Waals surface area (Å²) in [4.78, 5) is 1.53. The van der Waals surface area contributed by atoms with Gasteiger partial charge in [0.25, 0.3) is 0 Å². The van der Waals surface area contributed by atoms with Crippen LogP contribution in [0.25, 0.3) is 5.69 Å². The van der Waals surface area contributed by atoms with Crippen LogP contribution in [0.4, 0.5) is 0 Å². The molecule has 0 amide bonds. The highest BCUT2D eigenvalue weighted by atomic mass is 16.3. The number of rotatable bonds is 4. The van der Waals surface area contributed by atoms with Crippen molar-refractivity contribution in [1.29, 1.82) is 0 Å². The summed E-state index contributed by atoms with van der Waals surface area (Å²) in [6.45, 7) is 0. The predicted octanol–water partition coefficient (Wildman–Crippen LogP) is 2.54. The first-order chi connectivity index (χ1) is 9.83. The third kappa shape index (κ3) is 2.75. The van der Waals surface area contributed by atoms with Gasteiger partial charge in [0.15, 0.2) is 0 Å². The molecule has 0 aliphatic carbocycles. The van der Waals surface area contributed by atoms with Crippen molar-refractivity contribution >= 4 is 0 Å². The zero-order valence-corrected chi connectivity index (χ0v) is 10.9. The van der Waals surface area contributed by atoms with Crippen LogP contribution >= 0.6 is 0 Å². The minimum Gasteiger partial charge on any atom is -0.386 e. The standard InChI is InChI=1S/C16H15N3O/c20-16(11-13-7-3-1-4-8-13)15-12-17-19(18-15)14-9-5-2-6-10-14/h1-10,12,16,20H,11H2. The zero-order valence-electron chi connectivity index (χ0n) is 10.9. The number of hydrogen-bond acceptors (Lipinski definition) is 3. The minimum atomic E-state index is -0.644. The molecule has 1 unspecified atom stereocenters. The molecule has 0 saturated carbocycles. The van der Waals surface area contributed by atoms with Crippen molar-refractivity contribution in [2.24, 2.45) is 0 Å². The van der Waals surface area contributed by atoms with Crippen LogP contribution in [-0.4, -0.2) is 20.1 Å². The van der Waals surface area contributed by atoms with E-state index in [2.05, 4.69) is 10.2 Å². The van der Waals surface area contributed by atoms with E-state index in [1.165, 1.54) is 4.80 Å². The Hall–Kier alpha value is -2.46. The normalized spacial score (nSPS) is 12.2. The maximum atomic E-state index is 10.2. The number of para-hydroxylation sites is 1. The fourth-order valence-corrected chi connectivity index (χ4v) is 2.06. The lowest BCUT2D eigenvalue weighted by Gasteiger charge is -2.06. The van der Waals surface area contributed by atoms with E-state index in [1.54, 1.807) is 6.20 Å². The van der Waals surface area contributed by atoms with E-state index in [9.17, 15) is 5.11 Å². The van der Waals surface area contributed by atoms with Crippen LogP contribution < -0.4 is 0 Å². The van der Waals surface area contributed by atoms with Crippen LogP contribution in [0.2, 0.25) is 0 Å². The summed E-state index contributed by atoms with van der Waals surface area (Å²) in [5.41, 5.74) is 2.54. The Morgan fingerprint density at radius 1 is 0.950 bits per heavy atom. The minimum absolute atomic E-state index is 0.536. The second-order valence-electron chi connectivity index (χ2n) is 4.60. The molecule has 1 heterocycles. The van der Waals surface area contributed by atoms with Crippen molar-refractivity contribution in [3.63, 3.8) is 0 Å². The topological polar surface area (TPSA) is 50.9 Å². The first-order valence-electron chi connectivity index (χ1n) is 6.52. The van der Waals surface area contributed by atoms with E-state index in [0.29, 0.717) is 12.1 Å². The molecule has 4 nitrogen and oxygen atoms in total. The second kappa shape index (κ2) is 5.67. The van der Waals surface area contributed by atoms with Crippen LogP contribution in [-0.2, 0) is 6.42 Å². The average molecular weight is 265 g/mol. The Morgan fingerprint density at radius 3 is 2.30 bits per heavy atom. The summed E-state index contributed by atoms with van der Waals surface area (Å²) < 4.78 is 0. The SMILES string of the molecule is OC(Cc1ccccc1)c1cnn(-c2ccccc2)n1. The molecule has 0 bridgehead atoms. The van der Waals surface area contributed by atoms with E-state index in [0.717, 1.165) is 11.3 Å². The summed E-state index contributed by atoms with van der Waals surface area (Å²) in [7, 11) is 0. The summed E-state index contributed by atoms with van der Waals surface area (Å²) in [6.07, 6.45) is 1.50. The largest absolute Gasteiger partial charge is 0.386 e. The van der Waals surface area contributed by atoms with Crippen molar-refractivity contribution in [3.8, 4) is 5.69 Å². The average Bonchev–Trinajstić information content (AvgIpc) is 2.99. The van der Waals surface area contributed by atoms with E-state index in [-0.39, 0.29) is 0 Å². The lowest BCUT2D eigenvalue weighted by Crippen LogP contribution is -2.04. The van der Waals surface area contributed by atoms with Gasteiger partial charge in [-0.25, -0.2) is 0 Å². The van der Waals surface area contributed by atoms with Gasteiger partial charge in [0, 0.05) is 6.42 Å². The fraction of sp³-hybridized carbons (Fsp3) is 0.125. The summed E-state index contributed by atoms with van der Waals surface area (Å²) in [6, 6.07) is 19.5. The molecule has 0 radical (unpaired) electrons. The van der Waals surface area contributed by atoms with Gasteiger partial charge in [0.05, 0.1) is 11.9 Å². The molecule has 2 aromatic carbocycles. The van der Waals surface area contributed by atoms with Crippen LogP contribution in [0.1, 0.15) is 17.4 Å². The van der Waals surface area contributed by atoms with Gasteiger partial charge in [-0.2, -0.15) is 15.0 Å². The molecule has 1 N–H and O–H groups in total. The summed E-state index contributed by atoms with van der Waals surface area (Å²) >= 11 is 0. The molecule has 20 heavy (non-hydrogen) atoms. The van der Waals surface area contributed by atoms with Crippen LogP contribution in [0.15, 0.2) is 66.9 Å². The molecule has 100 valence electrons. The third-order valence-corrected chi connectivity index (χ3v) is 3.11. The van der Waals surface area contributed by atoms with Crippen molar-refractivity contribution < 1.29 is 5.11 Å². The van der Waals surface area contributed by atoms with E-state index >= 15 is 0 Å². The lowest BCUT2D eigenvalue weighted by molar-refractivity contribution is 0.173. The van der Waals surface area contributed by atoms with Gasteiger partial charge in [0.1, 0.15) is 11.8 Å². The maximum Gasteiger partial charge on any atom is 0.112 e. The monoisotopic (exact) mass is 265 g/mol. The first kappa shape index (κ1) is 12.6. The molecule has 0 saturated heterocycles. The quantitative estimate of drug-likeness (QED) is 0.788. The van der Waals surface area contributed by atoms with Gasteiger partial charge in [-0.15, -0.1) is 0 Å². The van der Waals surface area contributed by atoms with Gasteiger partial charge in [-0.05, 0) is 17.7 Å². The van der Waals surface area contributed by atoms with Crippen LogP contribution in [0.3, 0.4) is 0 Å². The Balaban J connectivity index is 1.77. The van der Waals surface area contributed by atoms with Gasteiger partial charge >= 0.3 is 0 Å². The van der Waals surface area contributed by atoms with E-state index in [1.807, 2.05) is 60.7 Å². The Bertz CT molecular complexity index is 664. The van der Waals surface area contributed by atoms with Crippen LogP contribution in [0, 0.1) is 0 Å². The Kier molecular flexibility index (Phi) is 3.56. The molecule has 3 rings (SSSR count). The molecule has 1 aromatic heterocycles. The number of hydrogen-bond donors (Lipinski definition) is 1. The molecule has 0 fully saturated rings. The number of aliphatic hydroxyl groups excluding tert-OH is 1. The summed E-state index contributed by atoms with van der Waals surface area (Å²) in [5.74, 6) is 0. The summed E-state index contributed by atoms with van der Waals surface area (Å²) in [5, 5.41) is 18.7. The Morgan fingerprint density at radius 2 is 1.60 bits per heavy atom. The molecule has 0 aliphatic rings. The van der Waals surface area contributed by atoms with Gasteiger partial charge in [0.2, 0.25) is 0 Å². The highest BCUT2D eigenvalue weighted by Crippen LogP contribution is 2.16. The molecular weight excluding hydrogens is 250 g/mol. The highest BCUT2D eigenvalue weighted by molar-refractivity contribution is 5.28. The van der Waals surface area contributed by atoms with E-state index in [4.69, 9.17) is 0 Å². The van der Waals surface area contributed by atoms with Crippen molar-refractivity contribution in [3.05, 3.63) is 78.1 Å². The van der Waals surface area contributed by atoms with Crippen molar-refractivity contribution in [1.82, 2.24) is 15.0 Å². The molecular formula is C16H15N3O. The molecule has 0 spiro atoms. The highest BCUT2D eigenvalue weighted by Gasteiger charge is 2.13. The molecule has 4 heteroatoms. The maximum absolute atomic E-state index is 10.2. The number of aromatic nitrogens is 3. The van der Waals surface area contributed by atoms with Gasteiger partial charge < -0.3 is 5.11 Å². The number of benzene rings is 2. The smallest absolute Gasteiger partial charge is 0.112 e. The van der Waals surface area contributed by atoms with Gasteiger partial charge in [-0.3, -0.25) is 0 Å². The second-order valence-corrected chi connectivity index (χ2v) is 4.60. The number of aliphatic hydroxyl groups is 1. The third-order valence-electron chi connectivity index (χ3n) is 3.11. The van der Waals surface area contributed by atoms with Crippen molar-refractivity contribution in [2.75, 3.05) is 0 Å². The van der Waals surface area contributed by atoms with Crippen LogP contribution in [0.5, 0.6) is 0 Å². The van der Waals surface area contributed by atoms with Gasteiger partial charge in [-0.1, -0.05) is 48.5 Å². The predicted molar refractivity (Wildman–Crippen MR) is 76.5 cm³/mol. The lowest BCUT2D eigenvalue weighted by atomic mass is 10.1. The van der Waals surface area contributed by atoms with Crippen molar-refractivity contribution in [2.45, 2.75) is 12.5 Å². The molecule has 0 aliphatic heterocycles. The Labute approximate surface area is 117 Å². The molecule has 1 atom stereocenters. The number of nitrogens with zero attached hydrogens (tertiary/aromatic N) is 3. The molecule has 3 aromatic rings.